The molecule has 0 saturated heterocycles. The first-order chi connectivity index (χ1) is 12.1. The van der Waals surface area contributed by atoms with Crippen molar-refractivity contribution in [2.24, 2.45) is 7.05 Å². The van der Waals surface area contributed by atoms with Crippen LogP contribution < -0.4 is 5.32 Å². The van der Waals surface area contributed by atoms with E-state index in [1.54, 1.807) is 0 Å². The van der Waals surface area contributed by atoms with Crippen molar-refractivity contribution in [2.75, 3.05) is 5.75 Å². The lowest BCUT2D eigenvalue weighted by Gasteiger charge is -2.13. The molecule has 3 aromatic rings. The summed E-state index contributed by atoms with van der Waals surface area (Å²) in [4.78, 5) is 12.2. The summed E-state index contributed by atoms with van der Waals surface area (Å²) >= 11 is 1.39. The summed E-state index contributed by atoms with van der Waals surface area (Å²) in [6.07, 6.45) is 0. The maximum absolute atomic E-state index is 12.2. The Bertz CT molecular complexity index is 833. The van der Waals surface area contributed by atoms with Crippen molar-refractivity contribution in [3.63, 3.8) is 0 Å². The van der Waals surface area contributed by atoms with E-state index in [9.17, 15) is 4.79 Å². The number of carbonyl (C=O) groups excluding carboxylic acids is 1. The van der Waals surface area contributed by atoms with Gasteiger partial charge in [-0.05, 0) is 12.5 Å². The van der Waals surface area contributed by atoms with Gasteiger partial charge in [-0.15, -0.1) is 10.2 Å². The number of rotatable bonds is 6. The molecular formula is C19H20N4OS. The number of carbonyl (C=O) groups is 1. The van der Waals surface area contributed by atoms with Crippen LogP contribution in [0, 0.1) is 0 Å². The Kier molecular flexibility index (Phi) is 5.50. The number of nitrogens with zero attached hydrogens (tertiary/aromatic N) is 3. The Morgan fingerprint density at radius 2 is 1.72 bits per heavy atom. The molecule has 0 bridgehead atoms. The van der Waals surface area contributed by atoms with Crippen molar-refractivity contribution in [3.8, 4) is 11.4 Å². The van der Waals surface area contributed by atoms with E-state index in [4.69, 9.17) is 0 Å². The fourth-order valence-corrected chi connectivity index (χ4v) is 3.24. The molecule has 0 aliphatic carbocycles. The van der Waals surface area contributed by atoms with Crippen LogP contribution in [0.3, 0.4) is 0 Å². The lowest BCUT2D eigenvalue weighted by molar-refractivity contribution is -0.119. The molecule has 0 aliphatic rings. The van der Waals surface area contributed by atoms with Crippen LogP contribution >= 0.6 is 11.8 Å². The van der Waals surface area contributed by atoms with E-state index in [0.717, 1.165) is 22.1 Å². The Morgan fingerprint density at radius 1 is 1.08 bits per heavy atom. The first-order valence-corrected chi connectivity index (χ1v) is 9.05. The molecule has 0 unspecified atom stereocenters. The molecule has 128 valence electrons. The average molecular weight is 352 g/mol. The number of thioether (sulfide) groups is 1. The largest absolute Gasteiger partial charge is 0.349 e. The van der Waals surface area contributed by atoms with Crippen LogP contribution in [0.1, 0.15) is 18.5 Å². The van der Waals surface area contributed by atoms with Gasteiger partial charge in [0, 0.05) is 12.6 Å². The minimum Gasteiger partial charge on any atom is -0.349 e. The topological polar surface area (TPSA) is 59.8 Å². The predicted molar refractivity (Wildman–Crippen MR) is 100 cm³/mol. The summed E-state index contributed by atoms with van der Waals surface area (Å²) in [5.74, 6) is 1.07. The number of hydrogen-bond acceptors (Lipinski definition) is 4. The lowest BCUT2D eigenvalue weighted by Crippen LogP contribution is -2.28. The fraction of sp³-hybridized carbons (Fsp3) is 0.211. The molecule has 0 spiro atoms. The highest BCUT2D eigenvalue weighted by Crippen LogP contribution is 2.22. The van der Waals surface area contributed by atoms with Crippen LogP contribution in [0.25, 0.3) is 11.4 Å². The molecule has 1 heterocycles. The van der Waals surface area contributed by atoms with Crippen molar-refractivity contribution in [1.29, 1.82) is 0 Å². The summed E-state index contributed by atoms with van der Waals surface area (Å²) in [5, 5.41) is 12.2. The highest BCUT2D eigenvalue weighted by atomic mass is 32.2. The maximum Gasteiger partial charge on any atom is 0.230 e. The SMILES string of the molecule is C[C@@H](NC(=O)CSc1nnc(-c2ccccc2)n1C)c1ccccc1. The molecule has 5 nitrogen and oxygen atoms in total. The molecule has 1 N–H and O–H groups in total. The van der Waals surface area contributed by atoms with Crippen LogP contribution in [0.2, 0.25) is 0 Å². The molecule has 0 radical (unpaired) electrons. The van der Waals surface area contributed by atoms with E-state index in [0.29, 0.717) is 5.75 Å². The number of aromatic nitrogens is 3. The molecule has 3 rings (SSSR count). The van der Waals surface area contributed by atoms with Crippen LogP contribution in [0.15, 0.2) is 65.8 Å². The van der Waals surface area contributed by atoms with Crippen LogP contribution in [0.5, 0.6) is 0 Å². The average Bonchev–Trinajstić information content (AvgIpc) is 3.02. The minimum absolute atomic E-state index is 0.0197. The Labute approximate surface area is 151 Å². The van der Waals surface area contributed by atoms with Crippen LogP contribution in [-0.4, -0.2) is 26.4 Å². The summed E-state index contributed by atoms with van der Waals surface area (Å²) in [6, 6.07) is 19.8. The zero-order valence-corrected chi connectivity index (χ0v) is 15.0. The minimum atomic E-state index is -0.0226. The van der Waals surface area contributed by atoms with E-state index in [1.807, 2.05) is 79.2 Å². The first-order valence-electron chi connectivity index (χ1n) is 8.07. The van der Waals surface area contributed by atoms with Gasteiger partial charge in [0.25, 0.3) is 0 Å². The summed E-state index contributed by atoms with van der Waals surface area (Å²) < 4.78 is 1.91. The second-order valence-electron chi connectivity index (χ2n) is 5.72. The van der Waals surface area contributed by atoms with E-state index < -0.39 is 0 Å². The molecule has 1 amide bonds. The Balaban J connectivity index is 1.59. The van der Waals surface area contributed by atoms with E-state index in [1.165, 1.54) is 11.8 Å². The molecule has 6 heteroatoms. The van der Waals surface area contributed by atoms with Crippen molar-refractivity contribution in [1.82, 2.24) is 20.1 Å². The smallest absolute Gasteiger partial charge is 0.230 e. The van der Waals surface area contributed by atoms with E-state index >= 15 is 0 Å². The zero-order valence-electron chi connectivity index (χ0n) is 14.2. The summed E-state index contributed by atoms with van der Waals surface area (Å²) in [5.41, 5.74) is 2.09. The van der Waals surface area contributed by atoms with Gasteiger partial charge in [-0.25, -0.2) is 0 Å². The highest BCUT2D eigenvalue weighted by Gasteiger charge is 2.14. The molecule has 0 fully saturated rings. The normalized spacial score (nSPS) is 11.9. The molecule has 0 aliphatic heterocycles. The molecule has 25 heavy (non-hydrogen) atoms. The number of benzene rings is 2. The second kappa shape index (κ2) is 7.98. The van der Waals surface area contributed by atoms with Gasteiger partial charge in [0.05, 0.1) is 11.8 Å². The van der Waals surface area contributed by atoms with Gasteiger partial charge < -0.3 is 9.88 Å². The summed E-state index contributed by atoms with van der Waals surface area (Å²) in [6.45, 7) is 1.98. The van der Waals surface area contributed by atoms with Crippen LogP contribution in [0.4, 0.5) is 0 Å². The molecule has 1 atom stereocenters. The highest BCUT2D eigenvalue weighted by molar-refractivity contribution is 7.99. The van der Waals surface area contributed by atoms with Crippen LogP contribution in [-0.2, 0) is 11.8 Å². The third kappa shape index (κ3) is 4.28. The van der Waals surface area contributed by atoms with Crippen molar-refractivity contribution >= 4 is 17.7 Å². The van der Waals surface area contributed by atoms with Gasteiger partial charge in [-0.1, -0.05) is 72.4 Å². The predicted octanol–water partition coefficient (Wildman–Crippen LogP) is 3.45. The third-order valence-electron chi connectivity index (χ3n) is 3.88. The van der Waals surface area contributed by atoms with Crippen molar-refractivity contribution < 1.29 is 4.79 Å². The van der Waals surface area contributed by atoms with Gasteiger partial charge in [-0.3, -0.25) is 4.79 Å². The Morgan fingerprint density at radius 3 is 2.40 bits per heavy atom. The number of nitrogens with one attached hydrogen (secondary N) is 1. The standard InChI is InChI=1S/C19H20N4OS/c1-14(15-9-5-3-6-10-15)20-17(24)13-25-19-22-21-18(23(19)2)16-11-7-4-8-12-16/h3-12,14H,13H2,1-2H3,(H,20,24)/t14-/m1/s1. The zero-order chi connectivity index (χ0) is 17.6. The second-order valence-corrected chi connectivity index (χ2v) is 6.66. The van der Waals surface area contributed by atoms with Crippen molar-refractivity contribution in [2.45, 2.75) is 18.1 Å². The monoisotopic (exact) mass is 352 g/mol. The van der Waals surface area contributed by atoms with Crippen molar-refractivity contribution in [3.05, 3.63) is 66.2 Å². The van der Waals surface area contributed by atoms with E-state index in [2.05, 4.69) is 15.5 Å². The van der Waals surface area contributed by atoms with Gasteiger partial charge in [0.15, 0.2) is 11.0 Å². The van der Waals surface area contributed by atoms with E-state index in [-0.39, 0.29) is 11.9 Å². The third-order valence-corrected chi connectivity index (χ3v) is 4.90. The van der Waals surface area contributed by atoms with Gasteiger partial charge in [0.1, 0.15) is 0 Å². The molecule has 1 aromatic heterocycles. The number of amides is 1. The maximum atomic E-state index is 12.2. The first kappa shape index (κ1) is 17.2. The summed E-state index contributed by atoms with van der Waals surface area (Å²) in [7, 11) is 1.91. The van der Waals surface area contributed by atoms with Gasteiger partial charge in [0.2, 0.25) is 5.91 Å². The fourth-order valence-electron chi connectivity index (χ4n) is 2.52. The quantitative estimate of drug-likeness (QED) is 0.690. The molecular weight excluding hydrogens is 332 g/mol. The number of hydrogen-bond donors (Lipinski definition) is 1. The lowest BCUT2D eigenvalue weighted by atomic mass is 10.1. The Hall–Kier alpha value is -2.60. The molecule has 0 saturated carbocycles. The van der Waals surface area contributed by atoms with Gasteiger partial charge in [-0.2, -0.15) is 0 Å². The van der Waals surface area contributed by atoms with Gasteiger partial charge >= 0.3 is 0 Å². The molecule has 2 aromatic carbocycles.